The van der Waals surface area contributed by atoms with Crippen LogP contribution in [-0.2, 0) is 11.2 Å². The van der Waals surface area contributed by atoms with Gasteiger partial charge < -0.3 is 15.2 Å². The average molecular weight is 387 g/mol. The van der Waals surface area contributed by atoms with Crippen molar-refractivity contribution < 1.29 is 19.1 Å². The van der Waals surface area contributed by atoms with Gasteiger partial charge in [0, 0.05) is 5.56 Å². The highest BCUT2D eigenvalue weighted by molar-refractivity contribution is 6.00. The predicted octanol–water partition coefficient (Wildman–Crippen LogP) is 4.21. The number of nitrogens with two attached hydrogens (primary N) is 1. The first kappa shape index (κ1) is 18.7. The highest BCUT2D eigenvalue weighted by Crippen LogP contribution is 2.41. The largest absolute Gasteiger partial charge is 0.497 e. The molecular weight excluding hydrogens is 366 g/mol. The number of hydrogen-bond acceptors (Lipinski definition) is 4. The molecule has 3 aromatic carbocycles. The lowest BCUT2D eigenvalue weighted by atomic mass is 9.94. The van der Waals surface area contributed by atoms with Gasteiger partial charge in [0.15, 0.2) is 0 Å². The second kappa shape index (κ2) is 7.43. The normalized spacial score (nSPS) is 11.5. The Labute approximate surface area is 169 Å². The van der Waals surface area contributed by atoms with E-state index >= 15 is 0 Å². The van der Waals surface area contributed by atoms with Gasteiger partial charge in [0.05, 0.1) is 19.3 Å². The Hall–Kier alpha value is -3.60. The standard InChI is InChI=1S/C24H21NO4/c1-3-29-24(27)15-7-8-19-17(9-15)13-21-20(19)11-16(12-22(21)23(25)26)14-5-4-6-18(10-14)28-2/h4-12H,3,13H2,1-2H3,(H2,25,26). The molecule has 1 aliphatic rings. The zero-order chi connectivity index (χ0) is 20.5. The van der Waals surface area contributed by atoms with Crippen molar-refractivity contribution in [2.75, 3.05) is 13.7 Å². The van der Waals surface area contributed by atoms with Crippen molar-refractivity contribution >= 4 is 11.9 Å². The van der Waals surface area contributed by atoms with E-state index in [2.05, 4.69) is 6.07 Å². The van der Waals surface area contributed by atoms with Crippen LogP contribution in [-0.4, -0.2) is 25.6 Å². The number of methoxy groups -OCH3 is 1. The van der Waals surface area contributed by atoms with Gasteiger partial charge in [-0.3, -0.25) is 4.79 Å². The topological polar surface area (TPSA) is 78.6 Å². The van der Waals surface area contributed by atoms with Crippen molar-refractivity contribution in [2.45, 2.75) is 13.3 Å². The van der Waals surface area contributed by atoms with E-state index in [-0.39, 0.29) is 5.97 Å². The summed E-state index contributed by atoms with van der Waals surface area (Å²) in [5.41, 5.74) is 12.4. The maximum atomic E-state index is 12.2. The first-order chi connectivity index (χ1) is 14.0. The van der Waals surface area contributed by atoms with Gasteiger partial charge in [-0.25, -0.2) is 4.79 Å². The molecule has 3 aromatic rings. The third-order valence-corrected chi connectivity index (χ3v) is 5.19. The van der Waals surface area contributed by atoms with E-state index in [1.807, 2.05) is 42.5 Å². The summed E-state index contributed by atoms with van der Waals surface area (Å²) in [5.74, 6) is -0.0778. The van der Waals surface area contributed by atoms with Crippen LogP contribution in [0.2, 0.25) is 0 Å². The van der Waals surface area contributed by atoms with Crippen LogP contribution in [0.25, 0.3) is 22.3 Å². The molecule has 1 amide bonds. The molecule has 2 N–H and O–H groups in total. The number of esters is 1. The van der Waals surface area contributed by atoms with Crippen LogP contribution in [0.4, 0.5) is 0 Å². The molecule has 29 heavy (non-hydrogen) atoms. The molecule has 146 valence electrons. The number of fused-ring (bicyclic) bond motifs is 3. The summed E-state index contributed by atoms with van der Waals surface area (Å²) in [5, 5.41) is 0. The van der Waals surface area contributed by atoms with Gasteiger partial charge in [0.25, 0.3) is 0 Å². The molecule has 0 fully saturated rings. The second-order valence-corrected chi connectivity index (χ2v) is 6.92. The van der Waals surface area contributed by atoms with Crippen molar-refractivity contribution in [3.63, 3.8) is 0 Å². The maximum absolute atomic E-state index is 12.2. The van der Waals surface area contributed by atoms with Crippen LogP contribution in [0, 0.1) is 0 Å². The summed E-state index contributed by atoms with van der Waals surface area (Å²) in [6.45, 7) is 2.10. The van der Waals surface area contributed by atoms with Gasteiger partial charge in [0.1, 0.15) is 5.75 Å². The Morgan fingerprint density at radius 3 is 2.55 bits per heavy atom. The van der Waals surface area contributed by atoms with Crippen molar-refractivity contribution in [3.8, 4) is 28.0 Å². The number of benzene rings is 3. The molecule has 0 heterocycles. The van der Waals surface area contributed by atoms with E-state index < -0.39 is 5.91 Å². The van der Waals surface area contributed by atoms with Crippen LogP contribution in [0.5, 0.6) is 5.75 Å². The summed E-state index contributed by atoms with van der Waals surface area (Å²) >= 11 is 0. The highest BCUT2D eigenvalue weighted by Gasteiger charge is 2.25. The molecule has 0 aromatic heterocycles. The fourth-order valence-electron chi connectivity index (χ4n) is 3.83. The van der Waals surface area contributed by atoms with E-state index in [9.17, 15) is 9.59 Å². The minimum absolute atomic E-state index is 0.325. The van der Waals surface area contributed by atoms with Crippen LogP contribution in [0.1, 0.15) is 38.8 Å². The molecule has 4 rings (SSSR count). The molecule has 0 radical (unpaired) electrons. The van der Waals surface area contributed by atoms with Gasteiger partial charge in [0.2, 0.25) is 5.91 Å². The molecule has 0 atom stereocenters. The molecule has 0 saturated heterocycles. The van der Waals surface area contributed by atoms with Gasteiger partial charge >= 0.3 is 5.97 Å². The van der Waals surface area contributed by atoms with Crippen molar-refractivity contribution in [2.24, 2.45) is 5.73 Å². The van der Waals surface area contributed by atoms with E-state index in [0.717, 1.165) is 39.1 Å². The quantitative estimate of drug-likeness (QED) is 0.520. The lowest BCUT2D eigenvalue weighted by Gasteiger charge is -2.11. The Kier molecular flexibility index (Phi) is 4.80. The summed E-state index contributed by atoms with van der Waals surface area (Å²) in [4.78, 5) is 24.3. The number of rotatable bonds is 5. The second-order valence-electron chi connectivity index (χ2n) is 6.92. The number of primary amides is 1. The zero-order valence-corrected chi connectivity index (χ0v) is 16.3. The van der Waals surface area contributed by atoms with Gasteiger partial charge in [-0.1, -0.05) is 18.2 Å². The third-order valence-electron chi connectivity index (χ3n) is 5.19. The lowest BCUT2D eigenvalue weighted by molar-refractivity contribution is 0.0526. The number of amides is 1. The number of carbonyl (C=O) groups excluding carboxylic acids is 2. The Morgan fingerprint density at radius 2 is 1.83 bits per heavy atom. The summed E-state index contributed by atoms with van der Waals surface area (Å²) < 4.78 is 10.4. The van der Waals surface area contributed by atoms with Crippen molar-refractivity contribution in [3.05, 3.63) is 76.9 Å². The fraction of sp³-hybridized carbons (Fsp3) is 0.167. The molecule has 5 heteroatoms. The van der Waals surface area contributed by atoms with Gasteiger partial charge in [-0.05, 0) is 83.1 Å². The first-order valence-electron chi connectivity index (χ1n) is 9.43. The van der Waals surface area contributed by atoms with Gasteiger partial charge in [-0.2, -0.15) is 0 Å². The van der Waals surface area contributed by atoms with E-state index in [1.54, 1.807) is 20.1 Å². The molecule has 0 unspecified atom stereocenters. The number of carbonyl (C=O) groups is 2. The number of ether oxygens (including phenoxy) is 2. The Bertz CT molecular complexity index is 1130. The Morgan fingerprint density at radius 1 is 1.00 bits per heavy atom. The van der Waals surface area contributed by atoms with Crippen LogP contribution in [0.3, 0.4) is 0 Å². The molecule has 0 bridgehead atoms. The fourth-order valence-corrected chi connectivity index (χ4v) is 3.83. The minimum Gasteiger partial charge on any atom is -0.497 e. The SMILES string of the molecule is CCOC(=O)c1ccc2c(c1)Cc1c(C(N)=O)cc(-c3cccc(OC)c3)cc1-2. The van der Waals surface area contributed by atoms with Crippen molar-refractivity contribution in [1.82, 2.24) is 0 Å². The third kappa shape index (κ3) is 3.36. The molecule has 0 saturated carbocycles. The van der Waals surface area contributed by atoms with Crippen LogP contribution >= 0.6 is 0 Å². The summed E-state index contributed by atoms with van der Waals surface area (Å²) in [6, 6.07) is 17.1. The van der Waals surface area contributed by atoms with E-state index in [0.29, 0.717) is 24.2 Å². The van der Waals surface area contributed by atoms with E-state index in [1.165, 1.54) is 0 Å². The highest BCUT2D eigenvalue weighted by atomic mass is 16.5. The first-order valence-corrected chi connectivity index (χ1v) is 9.43. The minimum atomic E-state index is -0.468. The van der Waals surface area contributed by atoms with Crippen LogP contribution < -0.4 is 10.5 Å². The van der Waals surface area contributed by atoms with Crippen LogP contribution in [0.15, 0.2) is 54.6 Å². The predicted molar refractivity (Wildman–Crippen MR) is 111 cm³/mol. The summed E-state index contributed by atoms with van der Waals surface area (Å²) in [7, 11) is 1.62. The lowest BCUT2D eigenvalue weighted by Crippen LogP contribution is -2.13. The van der Waals surface area contributed by atoms with E-state index in [4.69, 9.17) is 15.2 Å². The molecule has 1 aliphatic carbocycles. The Balaban J connectivity index is 1.84. The maximum Gasteiger partial charge on any atom is 0.338 e. The molecule has 0 aliphatic heterocycles. The molecule has 5 nitrogen and oxygen atoms in total. The van der Waals surface area contributed by atoms with Crippen molar-refractivity contribution in [1.29, 1.82) is 0 Å². The monoisotopic (exact) mass is 387 g/mol. The van der Waals surface area contributed by atoms with Gasteiger partial charge in [-0.15, -0.1) is 0 Å². The molecular formula is C24H21NO4. The smallest absolute Gasteiger partial charge is 0.338 e. The number of hydrogen-bond donors (Lipinski definition) is 1. The average Bonchev–Trinajstić information content (AvgIpc) is 3.10. The summed E-state index contributed by atoms with van der Waals surface area (Å²) in [6.07, 6.45) is 0.550. The zero-order valence-electron chi connectivity index (χ0n) is 16.3. The molecule has 0 spiro atoms.